The summed E-state index contributed by atoms with van der Waals surface area (Å²) in [6, 6.07) is 11.7. The van der Waals surface area contributed by atoms with Crippen molar-refractivity contribution in [3.8, 4) is 5.75 Å². The van der Waals surface area contributed by atoms with E-state index in [1.165, 1.54) is 0 Å². The number of nitrogens with zero attached hydrogens (tertiary/aromatic N) is 2. The monoisotopic (exact) mass is 447 g/mol. The first-order valence-electron chi connectivity index (χ1n) is 8.76. The Balaban J connectivity index is 1.67. The molecule has 2 aromatic carbocycles. The van der Waals surface area contributed by atoms with Crippen LogP contribution >= 0.6 is 11.3 Å². The first-order chi connectivity index (χ1) is 14.3. The third kappa shape index (κ3) is 4.99. The normalized spacial score (nSPS) is 11.1. The van der Waals surface area contributed by atoms with E-state index in [4.69, 9.17) is 4.74 Å². The van der Waals surface area contributed by atoms with E-state index in [0.29, 0.717) is 12.4 Å². The van der Waals surface area contributed by atoms with Gasteiger partial charge >= 0.3 is 0 Å². The van der Waals surface area contributed by atoms with Gasteiger partial charge in [0, 0.05) is 12.1 Å². The molecule has 0 atom stereocenters. The van der Waals surface area contributed by atoms with Crippen molar-refractivity contribution in [1.82, 2.24) is 4.98 Å². The van der Waals surface area contributed by atoms with Crippen LogP contribution in [0.3, 0.4) is 0 Å². The molecule has 0 unspecified atom stereocenters. The topological polar surface area (TPSA) is 128 Å². The van der Waals surface area contributed by atoms with Gasteiger partial charge in [-0.3, -0.25) is 14.9 Å². The second-order valence-corrected chi connectivity index (χ2v) is 9.25. The van der Waals surface area contributed by atoms with Gasteiger partial charge in [-0.1, -0.05) is 23.5 Å². The lowest BCUT2D eigenvalue weighted by Gasteiger charge is -2.05. The number of carbonyl (C=O) groups excluding carboxylic acids is 1. The number of hydrogen-bond donors (Lipinski definition) is 1. The molecule has 11 heteroatoms. The lowest BCUT2D eigenvalue weighted by Crippen LogP contribution is -2.14. The molecule has 0 fully saturated rings. The molecule has 9 nitrogen and oxygen atoms in total. The number of sulfone groups is 1. The van der Waals surface area contributed by atoms with Gasteiger partial charge in [0.1, 0.15) is 9.96 Å². The molecule has 0 aliphatic heterocycles. The molecule has 3 rings (SSSR count). The molecule has 30 heavy (non-hydrogen) atoms. The Bertz CT molecular complexity index is 1160. The van der Waals surface area contributed by atoms with Crippen LogP contribution in [0.4, 0.5) is 10.8 Å². The number of aromatic nitrogens is 1. The highest BCUT2D eigenvalue weighted by Gasteiger charge is 2.22. The number of benzene rings is 2. The molecule has 1 aromatic heterocycles. The standard InChI is InChI=1S/C19H17N3O6S2/c1-2-28-15-7-3-13(4-8-15)11-17(23)21-19-20-12-18(29-19)30(26,27)16-9-5-14(6-10-16)22(24)25/h3-10,12H,2,11H2,1H3,(H,20,21,23). The van der Waals surface area contributed by atoms with Crippen LogP contribution in [0.2, 0.25) is 0 Å². The van der Waals surface area contributed by atoms with Crippen molar-refractivity contribution in [3.05, 3.63) is 70.4 Å². The van der Waals surface area contributed by atoms with E-state index in [1.54, 1.807) is 24.3 Å². The molecule has 1 heterocycles. The van der Waals surface area contributed by atoms with Crippen LogP contribution in [0.15, 0.2) is 63.8 Å². The lowest BCUT2D eigenvalue weighted by molar-refractivity contribution is -0.384. The highest BCUT2D eigenvalue weighted by molar-refractivity contribution is 7.93. The minimum atomic E-state index is -3.90. The van der Waals surface area contributed by atoms with Crippen LogP contribution in [0.25, 0.3) is 0 Å². The van der Waals surface area contributed by atoms with Crippen molar-refractivity contribution in [3.63, 3.8) is 0 Å². The van der Waals surface area contributed by atoms with Gasteiger partial charge < -0.3 is 10.1 Å². The molecule has 0 spiro atoms. The number of nitro groups is 1. The third-order valence-electron chi connectivity index (χ3n) is 3.95. The van der Waals surface area contributed by atoms with Crippen molar-refractivity contribution in [2.75, 3.05) is 11.9 Å². The van der Waals surface area contributed by atoms with Crippen molar-refractivity contribution in [1.29, 1.82) is 0 Å². The minimum Gasteiger partial charge on any atom is -0.494 e. The number of anilines is 1. The van der Waals surface area contributed by atoms with E-state index in [0.717, 1.165) is 47.4 Å². The van der Waals surface area contributed by atoms with E-state index in [1.807, 2.05) is 6.92 Å². The number of carbonyl (C=O) groups is 1. The van der Waals surface area contributed by atoms with Gasteiger partial charge in [0.2, 0.25) is 15.7 Å². The van der Waals surface area contributed by atoms with Gasteiger partial charge in [-0.25, -0.2) is 13.4 Å². The van der Waals surface area contributed by atoms with E-state index in [2.05, 4.69) is 10.3 Å². The molecular weight excluding hydrogens is 430 g/mol. The lowest BCUT2D eigenvalue weighted by atomic mass is 10.1. The maximum absolute atomic E-state index is 12.7. The van der Waals surface area contributed by atoms with Gasteiger partial charge in [0.25, 0.3) is 5.69 Å². The predicted octanol–water partition coefficient (Wildman–Crippen LogP) is 3.46. The molecule has 0 saturated heterocycles. The molecule has 0 bridgehead atoms. The molecule has 0 aliphatic rings. The second-order valence-electron chi connectivity index (χ2n) is 6.04. The quantitative estimate of drug-likeness (QED) is 0.413. The van der Waals surface area contributed by atoms with E-state index < -0.39 is 14.8 Å². The van der Waals surface area contributed by atoms with Gasteiger partial charge in [-0.2, -0.15) is 0 Å². The second kappa shape index (κ2) is 9.01. The zero-order valence-corrected chi connectivity index (χ0v) is 17.4. The van der Waals surface area contributed by atoms with E-state index in [-0.39, 0.29) is 32.3 Å². The Morgan fingerprint density at radius 2 is 1.83 bits per heavy atom. The molecule has 3 aromatic rings. The fourth-order valence-corrected chi connectivity index (χ4v) is 4.97. The fourth-order valence-electron chi connectivity index (χ4n) is 2.52. The summed E-state index contributed by atoms with van der Waals surface area (Å²) in [5.41, 5.74) is 0.562. The highest BCUT2D eigenvalue weighted by atomic mass is 32.2. The van der Waals surface area contributed by atoms with Crippen molar-refractivity contribution in [2.24, 2.45) is 0 Å². The average molecular weight is 447 g/mol. The molecule has 156 valence electrons. The Labute approximate surface area is 176 Å². The smallest absolute Gasteiger partial charge is 0.269 e. The zero-order valence-electron chi connectivity index (χ0n) is 15.8. The zero-order chi connectivity index (χ0) is 21.7. The number of nitro benzene ring substituents is 1. The van der Waals surface area contributed by atoms with Gasteiger partial charge in [-0.15, -0.1) is 0 Å². The summed E-state index contributed by atoms with van der Waals surface area (Å²) >= 11 is 0.808. The van der Waals surface area contributed by atoms with Crippen molar-refractivity contribution < 1.29 is 22.9 Å². The molecule has 1 amide bonds. The Kier molecular flexibility index (Phi) is 6.43. The van der Waals surface area contributed by atoms with Crippen LogP contribution in [-0.2, 0) is 21.1 Å². The Morgan fingerprint density at radius 3 is 2.43 bits per heavy atom. The summed E-state index contributed by atoms with van der Waals surface area (Å²) in [6.45, 7) is 2.43. The number of amides is 1. The minimum absolute atomic E-state index is 0.0762. The molecule has 1 N–H and O–H groups in total. The molecule has 0 saturated carbocycles. The van der Waals surface area contributed by atoms with Crippen molar-refractivity contribution >= 4 is 37.9 Å². The maximum Gasteiger partial charge on any atom is 0.269 e. The predicted molar refractivity (Wildman–Crippen MR) is 111 cm³/mol. The van der Waals surface area contributed by atoms with Crippen LogP contribution in [0, 0.1) is 10.1 Å². The SMILES string of the molecule is CCOc1ccc(CC(=O)Nc2ncc(S(=O)(=O)c3ccc([N+](=O)[O-])cc3)s2)cc1. The average Bonchev–Trinajstić information content (AvgIpc) is 3.19. The summed E-state index contributed by atoms with van der Waals surface area (Å²) in [5.74, 6) is 0.371. The van der Waals surface area contributed by atoms with Gasteiger partial charge in [-0.05, 0) is 36.8 Å². The fraction of sp³-hybridized carbons (Fsp3) is 0.158. The highest BCUT2D eigenvalue weighted by Crippen LogP contribution is 2.29. The first kappa shape index (κ1) is 21.4. The molecular formula is C19H17N3O6S2. The number of nitrogens with one attached hydrogen (secondary N) is 1. The van der Waals surface area contributed by atoms with Crippen molar-refractivity contribution in [2.45, 2.75) is 22.4 Å². The summed E-state index contributed by atoms with van der Waals surface area (Å²) < 4.78 is 30.6. The number of ether oxygens (including phenoxy) is 1. The Hall–Kier alpha value is -3.31. The maximum atomic E-state index is 12.7. The number of rotatable bonds is 8. The number of non-ortho nitro benzene ring substituents is 1. The van der Waals surface area contributed by atoms with E-state index >= 15 is 0 Å². The number of hydrogen-bond acceptors (Lipinski definition) is 8. The third-order valence-corrected chi connectivity index (χ3v) is 7.10. The summed E-state index contributed by atoms with van der Waals surface area (Å²) in [7, 11) is -3.90. The van der Waals surface area contributed by atoms with Gasteiger partial charge in [0.15, 0.2) is 5.13 Å². The number of thiazole rings is 1. The van der Waals surface area contributed by atoms with Crippen LogP contribution in [-0.4, -0.2) is 30.8 Å². The van der Waals surface area contributed by atoms with Gasteiger partial charge in [0.05, 0.1) is 29.0 Å². The van der Waals surface area contributed by atoms with Crippen LogP contribution in [0.1, 0.15) is 12.5 Å². The summed E-state index contributed by atoms with van der Waals surface area (Å²) in [5, 5.41) is 13.4. The van der Waals surface area contributed by atoms with Crippen LogP contribution in [0.5, 0.6) is 5.75 Å². The largest absolute Gasteiger partial charge is 0.494 e. The summed E-state index contributed by atoms with van der Waals surface area (Å²) in [6.07, 6.45) is 1.24. The Morgan fingerprint density at radius 1 is 1.17 bits per heavy atom. The first-order valence-corrected chi connectivity index (χ1v) is 11.1. The molecule has 0 aliphatic carbocycles. The van der Waals surface area contributed by atoms with E-state index in [9.17, 15) is 23.3 Å². The van der Waals surface area contributed by atoms with Crippen LogP contribution < -0.4 is 10.1 Å². The summed E-state index contributed by atoms with van der Waals surface area (Å²) in [4.78, 5) is 26.2. The molecule has 0 radical (unpaired) electrons.